The van der Waals surface area contributed by atoms with Crippen LogP contribution in [0.1, 0.15) is 10.6 Å². The van der Waals surface area contributed by atoms with Crippen molar-refractivity contribution in [3.05, 3.63) is 89.5 Å². The van der Waals surface area contributed by atoms with E-state index in [1.807, 2.05) is 48.5 Å². The van der Waals surface area contributed by atoms with Gasteiger partial charge in [-0.25, -0.2) is 14.4 Å². The van der Waals surface area contributed by atoms with Gasteiger partial charge in [-0.3, -0.25) is 4.79 Å². The Hall–Kier alpha value is -3.51. The van der Waals surface area contributed by atoms with Gasteiger partial charge in [0.15, 0.2) is 0 Å². The number of hydrogen-bond donors (Lipinski definition) is 2. The molecule has 0 fully saturated rings. The first-order valence-corrected chi connectivity index (χ1v) is 8.83. The number of nitrogens with zero attached hydrogens (tertiary/aromatic N) is 2. The van der Waals surface area contributed by atoms with E-state index in [0.29, 0.717) is 11.3 Å². The van der Waals surface area contributed by atoms with E-state index in [1.165, 1.54) is 12.1 Å². The Labute approximate surface area is 165 Å². The van der Waals surface area contributed by atoms with E-state index in [4.69, 9.17) is 11.6 Å². The van der Waals surface area contributed by atoms with Crippen LogP contribution in [0.25, 0.3) is 10.9 Å². The Morgan fingerprint density at radius 1 is 0.929 bits per heavy atom. The SMILES string of the molecule is O=C(Nc1ccc(F)cc1Cl)c1nc(Nc2ccccc2)c2ccccc2n1. The predicted octanol–water partition coefficient (Wildman–Crippen LogP) is 5.42. The molecule has 1 heterocycles. The van der Waals surface area contributed by atoms with E-state index in [9.17, 15) is 9.18 Å². The van der Waals surface area contributed by atoms with Gasteiger partial charge >= 0.3 is 0 Å². The van der Waals surface area contributed by atoms with E-state index in [1.54, 1.807) is 6.07 Å². The third-order valence-electron chi connectivity index (χ3n) is 4.02. The molecular formula is C21H14ClFN4O. The molecule has 0 radical (unpaired) electrons. The largest absolute Gasteiger partial charge is 0.340 e. The van der Waals surface area contributed by atoms with Gasteiger partial charge in [-0.15, -0.1) is 0 Å². The number of rotatable bonds is 4. The predicted molar refractivity (Wildman–Crippen MR) is 109 cm³/mol. The van der Waals surface area contributed by atoms with Crippen LogP contribution in [0, 0.1) is 5.82 Å². The summed E-state index contributed by atoms with van der Waals surface area (Å²) in [4.78, 5) is 21.4. The summed E-state index contributed by atoms with van der Waals surface area (Å²) in [6, 6.07) is 20.6. The molecule has 0 spiro atoms. The van der Waals surface area contributed by atoms with Gasteiger partial charge in [0.05, 0.1) is 16.2 Å². The van der Waals surface area contributed by atoms with Crippen molar-refractivity contribution in [2.24, 2.45) is 0 Å². The molecule has 0 aliphatic rings. The van der Waals surface area contributed by atoms with E-state index < -0.39 is 11.7 Å². The highest BCUT2D eigenvalue weighted by atomic mass is 35.5. The van der Waals surface area contributed by atoms with Crippen LogP contribution in [-0.4, -0.2) is 15.9 Å². The van der Waals surface area contributed by atoms with Crippen molar-refractivity contribution in [3.8, 4) is 0 Å². The van der Waals surface area contributed by atoms with Crippen molar-refractivity contribution < 1.29 is 9.18 Å². The quantitative estimate of drug-likeness (QED) is 0.486. The lowest BCUT2D eigenvalue weighted by atomic mass is 10.2. The molecule has 7 heteroatoms. The summed E-state index contributed by atoms with van der Waals surface area (Å²) in [5.74, 6) is -0.556. The fraction of sp³-hybridized carbons (Fsp3) is 0. The molecule has 138 valence electrons. The second-order valence-corrected chi connectivity index (χ2v) is 6.39. The Bertz CT molecular complexity index is 1170. The molecule has 0 saturated heterocycles. The Morgan fingerprint density at radius 2 is 1.68 bits per heavy atom. The molecule has 3 aromatic carbocycles. The molecule has 0 atom stereocenters. The monoisotopic (exact) mass is 392 g/mol. The maximum Gasteiger partial charge on any atom is 0.293 e. The summed E-state index contributed by atoms with van der Waals surface area (Å²) in [6.45, 7) is 0. The van der Waals surface area contributed by atoms with Crippen molar-refractivity contribution in [1.29, 1.82) is 0 Å². The van der Waals surface area contributed by atoms with E-state index in [0.717, 1.165) is 17.1 Å². The highest BCUT2D eigenvalue weighted by molar-refractivity contribution is 6.33. The molecule has 0 saturated carbocycles. The van der Waals surface area contributed by atoms with Crippen LogP contribution < -0.4 is 10.6 Å². The minimum absolute atomic E-state index is 0.0301. The number of para-hydroxylation sites is 2. The maximum atomic E-state index is 13.2. The standard InChI is InChI=1S/C21H14ClFN4O/c22-16-12-13(23)10-11-18(16)26-21(28)20-25-17-9-5-4-8-15(17)19(27-20)24-14-6-2-1-3-7-14/h1-12H,(H,26,28)(H,24,25,27). The van der Waals surface area contributed by atoms with Gasteiger partial charge in [0.2, 0.25) is 5.82 Å². The van der Waals surface area contributed by atoms with Gasteiger partial charge in [-0.05, 0) is 42.5 Å². The van der Waals surface area contributed by atoms with E-state index in [-0.39, 0.29) is 16.5 Å². The van der Waals surface area contributed by atoms with Crippen molar-refractivity contribution in [3.63, 3.8) is 0 Å². The highest BCUT2D eigenvalue weighted by Crippen LogP contribution is 2.25. The molecule has 1 amide bonds. The van der Waals surface area contributed by atoms with Crippen molar-refractivity contribution in [2.45, 2.75) is 0 Å². The van der Waals surface area contributed by atoms with Crippen LogP contribution in [0.2, 0.25) is 5.02 Å². The number of amides is 1. The second-order valence-electron chi connectivity index (χ2n) is 5.98. The minimum atomic E-state index is -0.546. The first kappa shape index (κ1) is 17.9. The first-order chi connectivity index (χ1) is 13.6. The minimum Gasteiger partial charge on any atom is -0.340 e. The van der Waals surface area contributed by atoms with Gasteiger partial charge < -0.3 is 10.6 Å². The van der Waals surface area contributed by atoms with Gasteiger partial charge in [0.1, 0.15) is 11.6 Å². The highest BCUT2D eigenvalue weighted by Gasteiger charge is 2.16. The van der Waals surface area contributed by atoms with Crippen LogP contribution in [0.15, 0.2) is 72.8 Å². The molecule has 4 aromatic rings. The average Bonchev–Trinajstić information content (AvgIpc) is 2.71. The number of benzene rings is 3. The van der Waals surface area contributed by atoms with Gasteiger partial charge in [-0.2, -0.15) is 0 Å². The third-order valence-corrected chi connectivity index (χ3v) is 4.33. The summed E-state index contributed by atoms with van der Waals surface area (Å²) in [7, 11) is 0. The Kier molecular flexibility index (Phi) is 4.87. The number of halogens is 2. The summed E-state index contributed by atoms with van der Waals surface area (Å²) in [6.07, 6.45) is 0. The lowest BCUT2D eigenvalue weighted by molar-refractivity contribution is 0.101. The van der Waals surface area contributed by atoms with Crippen LogP contribution in [-0.2, 0) is 0 Å². The molecule has 4 rings (SSSR count). The summed E-state index contributed by atoms with van der Waals surface area (Å²) >= 11 is 5.99. The number of carbonyl (C=O) groups is 1. The van der Waals surface area contributed by atoms with Gasteiger partial charge in [0.25, 0.3) is 5.91 Å². The summed E-state index contributed by atoms with van der Waals surface area (Å²) in [5, 5.41) is 6.71. The lowest BCUT2D eigenvalue weighted by Crippen LogP contribution is -2.17. The van der Waals surface area contributed by atoms with E-state index in [2.05, 4.69) is 20.6 Å². The molecule has 0 aliphatic carbocycles. The molecule has 0 aliphatic heterocycles. The van der Waals surface area contributed by atoms with Crippen molar-refractivity contribution in [1.82, 2.24) is 9.97 Å². The zero-order valence-electron chi connectivity index (χ0n) is 14.5. The molecule has 2 N–H and O–H groups in total. The zero-order chi connectivity index (χ0) is 19.5. The molecule has 1 aromatic heterocycles. The number of hydrogen-bond acceptors (Lipinski definition) is 4. The fourth-order valence-corrected chi connectivity index (χ4v) is 2.92. The third kappa shape index (κ3) is 3.77. The summed E-state index contributed by atoms with van der Waals surface area (Å²) < 4.78 is 13.2. The van der Waals surface area contributed by atoms with Crippen molar-refractivity contribution in [2.75, 3.05) is 10.6 Å². The van der Waals surface area contributed by atoms with Crippen LogP contribution in [0.3, 0.4) is 0 Å². The van der Waals surface area contributed by atoms with Crippen LogP contribution in [0.4, 0.5) is 21.6 Å². The Morgan fingerprint density at radius 3 is 2.46 bits per heavy atom. The smallest absolute Gasteiger partial charge is 0.293 e. The topological polar surface area (TPSA) is 66.9 Å². The molecular weight excluding hydrogens is 379 g/mol. The van der Waals surface area contributed by atoms with E-state index >= 15 is 0 Å². The molecule has 0 bridgehead atoms. The van der Waals surface area contributed by atoms with Crippen LogP contribution in [0.5, 0.6) is 0 Å². The number of carbonyl (C=O) groups excluding carboxylic acids is 1. The molecule has 0 unspecified atom stereocenters. The Balaban J connectivity index is 1.71. The second kappa shape index (κ2) is 7.62. The zero-order valence-corrected chi connectivity index (χ0v) is 15.2. The van der Waals surface area contributed by atoms with Crippen molar-refractivity contribution >= 4 is 45.6 Å². The molecule has 5 nitrogen and oxygen atoms in total. The number of fused-ring (bicyclic) bond motifs is 1. The average molecular weight is 393 g/mol. The van der Waals surface area contributed by atoms with Gasteiger partial charge in [0, 0.05) is 11.1 Å². The number of aromatic nitrogens is 2. The number of nitrogens with one attached hydrogen (secondary N) is 2. The number of anilines is 3. The first-order valence-electron chi connectivity index (χ1n) is 8.45. The summed E-state index contributed by atoms with van der Waals surface area (Å²) in [5.41, 5.74) is 1.73. The van der Waals surface area contributed by atoms with Gasteiger partial charge in [-0.1, -0.05) is 41.9 Å². The normalized spacial score (nSPS) is 10.6. The molecule has 28 heavy (non-hydrogen) atoms. The lowest BCUT2D eigenvalue weighted by Gasteiger charge is -2.11. The van der Waals surface area contributed by atoms with Crippen LogP contribution >= 0.6 is 11.6 Å². The maximum absolute atomic E-state index is 13.2. The fourth-order valence-electron chi connectivity index (χ4n) is 2.70.